The number of benzene rings is 1. The molecule has 18 heavy (non-hydrogen) atoms. The molecule has 4 nitrogen and oxygen atoms in total. The van der Waals surface area contributed by atoms with Crippen LogP contribution in [-0.4, -0.2) is 36.4 Å². The summed E-state index contributed by atoms with van der Waals surface area (Å²) >= 11 is 0. The van der Waals surface area contributed by atoms with Gasteiger partial charge >= 0.3 is 0 Å². The van der Waals surface area contributed by atoms with Gasteiger partial charge < -0.3 is 10.2 Å². The number of fused-ring (bicyclic) bond motifs is 1. The molecule has 1 aliphatic rings. The molecule has 1 saturated heterocycles. The van der Waals surface area contributed by atoms with Gasteiger partial charge in [-0.2, -0.15) is 5.10 Å². The highest BCUT2D eigenvalue weighted by atomic mass is 15.3. The minimum absolute atomic E-state index is 0.643. The normalized spacial score (nSPS) is 17.3. The smallest absolute Gasteiger partial charge is 0.159 e. The summed E-state index contributed by atoms with van der Waals surface area (Å²) in [4.78, 5) is 2.35. The third-order valence-electron chi connectivity index (χ3n) is 3.75. The van der Waals surface area contributed by atoms with Crippen LogP contribution in [0.4, 0.5) is 5.82 Å². The summed E-state index contributed by atoms with van der Waals surface area (Å²) in [5.41, 5.74) is 0. The lowest BCUT2D eigenvalue weighted by atomic mass is 10.0. The topological polar surface area (TPSA) is 41.0 Å². The minimum atomic E-state index is 0.643. The SMILES string of the molecule is CNC1CCN(c2nncc3ccccc23)CC1. The summed E-state index contributed by atoms with van der Waals surface area (Å²) in [7, 11) is 2.04. The van der Waals surface area contributed by atoms with Gasteiger partial charge in [-0.05, 0) is 19.9 Å². The van der Waals surface area contributed by atoms with Crippen LogP contribution in [0.5, 0.6) is 0 Å². The predicted octanol–water partition coefficient (Wildman–Crippen LogP) is 1.82. The van der Waals surface area contributed by atoms with Crippen molar-refractivity contribution in [2.45, 2.75) is 18.9 Å². The van der Waals surface area contributed by atoms with E-state index in [4.69, 9.17) is 0 Å². The number of aromatic nitrogens is 2. The number of anilines is 1. The Morgan fingerprint density at radius 3 is 2.78 bits per heavy atom. The first-order valence-electron chi connectivity index (χ1n) is 6.51. The molecule has 0 spiro atoms. The van der Waals surface area contributed by atoms with E-state index in [9.17, 15) is 0 Å². The van der Waals surface area contributed by atoms with Crippen LogP contribution in [0.25, 0.3) is 10.8 Å². The van der Waals surface area contributed by atoms with Crippen molar-refractivity contribution in [3.63, 3.8) is 0 Å². The van der Waals surface area contributed by atoms with Gasteiger partial charge in [0.15, 0.2) is 5.82 Å². The fraction of sp³-hybridized carbons (Fsp3) is 0.429. The average molecular weight is 242 g/mol. The Kier molecular flexibility index (Phi) is 3.11. The molecule has 0 saturated carbocycles. The molecular weight excluding hydrogens is 224 g/mol. The molecule has 2 aromatic rings. The maximum atomic E-state index is 4.34. The van der Waals surface area contributed by atoms with Crippen molar-refractivity contribution < 1.29 is 0 Å². The first-order chi connectivity index (χ1) is 8.88. The van der Waals surface area contributed by atoms with Crippen molar-refractivity contribution in [1.82, 2.24) is 15.5 Å². The van der Waals surface area contributed by atoms with Gasteiger partial charge in [-0.15, -0.1) is 5.10 Å². The van der Waals surface area contributed by atoms with Crippen molar-refractivity contribution in [3.8, 4) is 0 Å². The standard InChI is InChI=1S/C14H18N4/c1-15-12-6-8-18(9-7-12)14-13-5-3-2-4-11(13)10-16-17-14/h2-5,10,12,15H,6-9H2,1H3. The first-order valence-corrected chi connectivity index (χ1v) is 6.51. The second kappa shape index (κ2) is 4.90. The number of hydrogen-bond acceptors (Lipinski definition) is 4. The number of rotatable bonds is 2. The Hall–Kier alpha value is -1.68. The third kappa shape index (κ3) is 2.04. The predicted molar refractivity (Wildman–Crippen MR) is 73.8 cm³/mol. The largest absolute Gasteiger partial charge is 0.354 e. The number of nitrogens with zero attached hydrogens (tertiary/aromatic N) is 3. The summed E-state index contributed by atoms with van der Waals surface area (Å²) < 4.78 is 0. The van der Waals surface area contributed by atoms with E-state index in [1.807, 2.05) is 19.3 Å². The second-order valence-corrected chi connectivity index (χ2v) is 4.81. The van der Waals surface area contributed by atoms with Gasteiger partial charge in [-0.3, -0.25) is 0 Å². The molecule has 0 radical (unpaired) electrons. The van der Waals surface area contributed by atoms with Crippen molar-refractivity contribution in [2.24, 2.45) is 0 Å². The highest BCUT2D eigenvalue weighted by Crippen LogP contribution is 2.25. The van der Waals surface area contributed by atoms with Crippen LogP contribution >= 0.6 is 0 Å². The van der Waals surface area contributed by atoms with Crippen molar-refractivity contribution in [3.05, 3.63) is 30.5 Å². The van der Waals surface area contributed by atoms with Crippen molar-refractivity contribution in [2.75, 3.05) is 25.0 Å². The van der Waals surface area contributed by atoms with Crippen LogP contribution in [-0.2, 0) is 0 Å². The number of piperidine rings is 1. The lowest BCUT2D eigenvalue weighted by Crippen LogP contribution is -2.41. The molecule has 1 aliphatic heterocycles. The molecule has 1 fully saturated rings. The zero-order valence-electron chi connectivity index (χ0n) is 10.6. The Labute approximate surface area is 107 Å². The molecule has 0 unspecified atom stereocenters. The van der Waals surface area contributed by atoms with E-state index in [1.54, 1.807) is 0 Å². The lowest BCUT2D eigenvalue weighted by molar-refractivity contribution is 0.441. The quantitative estimate of drug-likeness (QED) is 0.872. The molecule has 1 aromatic carbocycles. The summed E-state index contributed by atoms with van der Waals surface area (Å²) in [6, 6.07) is 8.97. The first kappa shape index (κ1) is 11.4. The Morgan fingerprint density at radius 2 is 2.00 bits per heavy atom. The Bertz CT molecular complexity index is 527. The van der Waals surface area contributed by atoms with Gasteiger partial charge in [0.25, 0.3) is 0 Å². The van der Waals surface area contributed by atoms with E-state index in [2.05, 4.69) is 38.6 Å². The van der Waals surface area contributed by atoms with Crippen molar-refractivity contribution in [1.29, 1.82) is 0 Å². The molecule has 94 valence electrons. The molecule has 0 aliphatic carbocycles. The molecule has 0 bridgehead atoms. The monoisotopic (exact) mass is 242 g/mol. The van der Waals surface area contributed by atoms with E-state index in [0.717, 1.165) is 18.9 Å². The lowest BCUT2D eigenvalue weighted by Gasteiger charge is -2.32. The maximum absolute atomic E-state index is 4.34. The fourth-order valence-electron chi connectivity index (χ4n) is 2.63. The van der Waals surface area contributed by atoms with Crippen LogP contribution in [0.2, 0.25) is 0 Å². The molecule has 3 rings (SSSR count). The second-order valence-electron chi connectivity index (χ2n) is 4.81. The molecule has 4 heteroatoms. The van der Waals surface area contributed by atoms with Crippen LogP contribution in [0.1, 0.15) is 12.8 Å². The summed E-state index contributed by atoms with van der Waals surface area (Å²) in [5, 5.41) is 14.2. The highest BCUT2D eigenvalue weighted by molar-refractivity contribution is 5.91. The molecule has 1 aromatic heterocycles. The summed E-state index contributed by atoms with van der Waals surface area (Å²) in [6.07, 6.45) is 4.17. The van der Waals surface area contributed by atoms with Gasteiger partial charge in [0.2, 0.25) is 0 Å². The number of hydrogen-bond donors (Lipinski definition) is 1. The zero-order chi connectivity index (χ0) is 12.4. The van der Waals surface area contributed by atoms with E-state index < -0.39 is 0 Å². The maximum Gasteiger partial charge on any atom is 0.159 e. The third-order valence-corrected chi connectivity index (χ3v) is 3.75. The Balaban J connectivity index is 1.91. The van der Waals surface area contributed by atoms with Gasteiger partial charge in [-0.25, -0.2) is 0 Å². The van der Waals surface area contributed by atoms with E-state index in [1.165, 1.54) is 23.6 Å². The molecular formula is C14H18N4. The fourth-order valence-corrected chi connectivity index (χ4v) is 2.63. The molecule has 0 atom stereocenters. The summed E-state index contributed by atoms with van der Waals surface area (Å²) in [6.45, 7) is 2.10. The van der Waals surface area contributed by atoms with Crippen LogP contribution < -0.4 is 10.2 Å². The van der Waals surface area contributed by atoms with Gasteiger partial charge in [0.05, 0.1) is 6.20 Å². The average Bonchev–Trinajstić information content (AvgIpc) is 2.47. The molecule has 0 amide bonds. The van der Waals surface area contributed by atoms with Crippen LogP contribution in [0.3, 0.4) is 0 Å². The highest BCUT2D eigenvalue weighted by Gasteiger charge is 2.20. The van der Waals surface area contributed by atoms with Gasteiger partial charge in [0.1, 0.15) is 0 Å². The number of nitrogens with one attached hydrogen (secondary N) is 1. The van der Waals surface area contributed by atoms with E-state index in [0.29, 0.717) is 6.04 Å². The van der Waals surface area contributed by atoms with Crippen LogP contribution in [0, 0.1) is 0 Å². The summed E-state index contributed by atoms with van der Waals surface area (Å²) in [5.74, 6) is 1.03. The van der Waals surface area contributed by atoms with Crippen LogP contribution in [0.15, 0.2) is 30.5 Å². The van der Waals surface area contributed by atoms with E-state index in [-0.39, 0.29) is 0 Å². The van der Waals surface area contributed by atoms with Gasteiger partial charge in [-0.1, -0.05) is 24.3 Å². The van der Waals surface area contributed by atoms with Gasteiger partial charge in [0, 0.05) is 29.9 Å². The zero-order valence-corrected chi connectivity index (χ0v) is 10.6. The Morgan fingerprint density at radius 1 is 1.22 bits per heavy atom. The molecule has 1 N–H and O–H groups in total. The molecule has 2 heterocycles. The minimum Gasteiger partial charge on any atom is -0.354 e. The van der Waals surface area contributed by atoms with Crippen molar-refractivity contribution >= 4 is 16.6 Å². The van der Waals surface area contributed by atoms with E-state index >= 15 is 0 Å².